The van der Waals surface area contributed by atoms with Crippen molar-refractivity contribution in [1.29, 1.82) is 0 Å². The summed E-state index contributed by atoms with van der Waals surface area (Å²) in [6.45, 7) is 1.66. The fraction of sp³-hybridized carbons (Fsp3) is 0.263. The number of methoxy groups -OCH3 is 2. The lowest BCUT2D eigenvalue weighted by Gasteiger charge is -2.22. The Bertz CT molecular complexity index is 795. The molecule has 26 heavy (non-hydrogen) atoms. The second-order valence-electron chi connectivity index (χ2n) is 5.49. The highest BCUT2D eigenvalue weighted by molar-refractivity contribution is 6.33. The van der Waals surface area contributed by atoms with Crippen molar-refractivity contribution < 1.29 is 19.1 Å². The Kier molecular flexibility index (Phi) is 6.86. The molecular formula is C19H21ClN2O4. The quantitative estimate of drug-likeness (QED) is 0.799. The third-order valence-corrected chi connectivity index (χ3v) is 4.07. The number of ether oxygens (including phenoxy) is 2. The van der Waals surface area contributed by atoms with E-state index in [1.807, 2.05) is 0 Å². The van der Waals surface area contributed by atoms with Crippen molar-refractivity contribution in [2.45, 2.75) is 13.3 Å². The highest BCUT2D eigenvalue weighted by atomic mass is 35.5. The number of nitrogens with one attached hydrogen (secondary N) is 1. The van der Waals surface area contributed by atoms with Crippen LogP contribution in [0.5, 0.6) is 11.5 Å². The summed E-state index contributed by atoms with van der Waals surface area (Å²) in [4.78, 5) is 25.7. The second-order valence-corrected chi connectivity index (χ2v) is 5.90. The first-order valence-corrected chi connectivity index (χ1v) is 8.38. The Morgan fingerprint density at radius 2 is 1.77 bits per heavy atom. The minimum Gasteiger partial charge on any atom is -0.493 e. The first-order chi connectivity index (χ1) is 12.5. The summed E-state index contributed by atoms with van der Waals surface area (Å²) in [6.07, 6.45) is 0.124. The van der Waals surface area contributed by atoms with Gasteiger partial charge in [-0.3, -0.25) is 9.59 Å². The van der Waals surface area contributed by atoms with Crippen LogP contribution in [0.1, 0.15) is 13.3 Å². The molecule has 0 radical (unpaired) electrons. The number of amides is 2. The van der Waals surface area contributed by atoms with Gasteiger partial charge in [0, 0.05) is 31.6 Å². The molecule has 2 rings (SSSR count). The second kappa shape index (κ2) is 9.10. The lowest BCUT2D eigenvalue weighted by atomic mass is 10.2. The molecule has 0 aliphatic carbocycles. The molecule has 6 nitrogen and oxygen atoms in total. The van der Waals surface area contributed by atoms with E-state index < -0.39 is 0 Å². The van der Waals surface area contributed by atoms with Gasteiger partial charge in [-0.25, -0.2) is 0 Å². The molecule has 138 valence electrons. The van der Waals surface area contributed by atoms with Gasteiger partial charge in [0.2, 0.25) is 11.8 Å². The average Bonchev–Trinajstić information content (AvgIpc) is 2.62. The SMILES string of the molecule is COc1ccc(NC(=O)CCN(C(C)=O)c2ccccc2Cl)cc1OC. The highest BCUT2D eigenvalue weighted by Gasteiger charge is 2.16. The van der Waals surface area contributed by atoms with E-state index in [0.717, 1.165) is 0 Å². The third kappa shape index (κ3) is 4.89. The number of para-hydroxylation sites is 1. The molecule has 2 aromatic carbocycles. The number of hydrogen-bond acceptors (Lipinski definition) is 4. The summed E-state index contributed by atoms with van der Waals surface area (Å²) < 4.78 is 10.4. The van der Waals surface area contributed by atoms with Gasteiger partial charge >= 0.3 is 0 Å². The largest absolute Gasteiger partial charge is 0.493 e. The van der Waals surface area contributed by atoms with Crippen LogP contribution < -0.4 is 19.7 Å². The first kappa shape index (κ1) is 19.6. The van der Waals surface area contributed by atoms with E-state index >= 15 is 0 Å². The molecule has 0 heterocycles. The summed E-state index contributed by atoms with van der Waals surface area (Å²) in [5.41, 5.74) is 1.17. The molecule has 0 aliphatic heterocycles. The lowest BCUT2D eigenvalue weighted by Crippen LogP contribution is -2.32. The maximum atomic E-state index is 12.3. The van der Waals surface area contributed by atoms with E-state index in [4.69, 9.17) is 21.1 Å². The van der Waals surface area contributed by atoms with Crippen LogP contribution in [0.15, 0.2) is 42.5 Å². The molecule has 0 aromatic heterocycles. The van der Waals surface area contributed by atoms with Crippen LogP contribution in [0.4, 0.5) is 11.4 Å². The maximum Gasteiger partial charge on any atom is 0.226 e. The van der Waals surface area contributed by atoms with Gasteiger partial charge in [-0.1, -0.05) is 23.7 Å². The molecule has 0 fully saturated rings. The molecule has 1 N–H and O–H groups in total. The van der Waals surface area contributed by atoms with Gasteiger partial charge < -0.3 is 19.7 Å². The molecule has 7 heteroatoms. The third-order valence-electron chi connectivity index (χ3n) is 3.75. The van der Waals surface area contributed by atoms with Crippen LogP contribution in [0, 0.1) is 0 Å². The number of carbonyl (C=O) groups is 2. The maximum absolute atomic E-state index is 12.3. The first-order valence-electron chi connectivity index (χ1n) is 8.00. The Balaban J connectivity index is 2.03. The van der Waals surface area contributed by atoms with Gasteiger partial charge in [0.25, 0.3) is 0 Å². The average molecular weight is 377 g/mol. The number of benzene rings is 2. The summed E-state index contributed by atoms with van der Waals surface area (Å²) in [5.74, 6) is 0.686. The number of anilines is 2. The minimum atomic E-state index is -0.226. The van der Waals surface area contributed by atoms with Crippen molar-refractivity contribution in [3.8, 4) is 11.5 Å². The Morgan fingerprint density at radius 1 is 1.08 bits per heavy atom. The molecule has 0 saturated carbocycles. The summed E-state index contributed by atoms with van der Waals surface area (Å²) in [6, 6.07) is 12.1. The van der Waals surface area contributed by atoms with Gasteiger partial charge in [-0.05, 0) is 24.3 Å². The molecule has 0 saturated heterocycles. The number of halogens is 1. The molecule has 2 aromatic rings. The van der Waals surface area contributed by atoms with Crippen LogP contribution in [0.3, 0.4) is 0 Å². The molecule has 0 atom stereocenters. The topological polar surface area (TPSA) is 67.9 Å². The molecule has 0 spiro atoms. The van der Waals surface area contributed by atoms with Gasteiger partial charge in [-0.15, -0.1) is 0 Å². The predicted octanol–water partition coefficient (Wildman–Crippen LogP) is 3.74. The fourth-order valence-electron chi connectivity index (χ4n) is 2.47. The van der Waals surface area contributed by atoms with Gasteiger partial charge in [0.15, 0.2) is 11.5 Å². The van der Waals surface area contributed by atoms with Crippen molar-refractivity contribution in [2.24, 2.45) is 0 Å². The molecule has 0 unspecified atom stereocenters. The van der Waals surface area contributed by atoms with E-state index in [2.05, 4.69) is 5.32 Å². The zero-order valence-electron chi connectivity index (χ0n) is 14.9. The van der Waals surface area contributed by atoms with Crippen molar-refractivity contribution in [1.82, 2.24) is 0 Å². The smallest absolute Gasteiger partial charge is 0.226 e. The normalized spacial score (nSPS) is 10.2. The van der Waals surface area contributed by atoms with E-state index in [1.54, 1.807) is 49.6 Å². The van der Waals surface area contributed by atoms with Gasteiger partial charge in [-0.2, -0.15) is 0 Å². The summed E-state index contributed by atoms with van der Waals surface area (Å²) in [5, 5.41) is 3.24. The van der Waals surface area contributed by atoms with E-state index in [1.165, 1.54) is 18.9 Å². The summed E-state index contributed by atoms with van der Waals surface area (Å²) >= 11 is 6.15. The Labute approximate surface area is 157 Å². The van der Waals surface area contributed by atoms with Crippen LogP contribution in [-0.4, -0.2) is 32.6 Å². The van der Waals surface area contributed by atoms with E-state index in [-0.39, 0.29) is 24.8 Å². The minimum absolute atomic E-state index is 0.124. The van der Waals surface area contributed by atoms with Crippen molar-refractivity contribution in [3.05, 3.63) is 47.5 Å². The molecular weight excluding hydrogens is 356 g/mol. The standard InChI is InChI=1S/C19H21ClN2O4/c1-13(23)22(16-7-5-4-6-15(16)20)11-10-19(24)21-14-8-9-17(25-2)18(12-14)26-3/h4-9,12H,10-11H2,1-3H3,(H,21,24). The zero-order chi connectivity index (χ0) is 19.1. The van der Waals surface area contributed by atoms with E-state index in [9.17, 15) is 9.59 Å². The van der Waals surface area contributed by atoms with Crippen LogP contribution in [0.25, 0.3) is 0 Å². The summed E-state index contributed by atoms with van der Waals surface area (Å²) in [7, 11) is 3.07. The zero-order valence-corrected chi connectivity index (χ0v) is 15.7. The molecule has 0 aliphatic rings. The van der Waals surface area contributed by atoms with Crippen molar-refractivity contribution in [2.75, 3.05) is 31.0 Å². The Hall–Kier alpha value is -2.73. The number of carbonyl (C=O) groups excluding carboxylic acids is 2. The van der Waals surface area contributed by atoms with Crippen LogP contribution in [0.2, 0.25) is 5.02 Å². The van der Waals surface area contributed by atoms with Crippen LogP contribution in [-0.2, 0) is 9.59 Å². The predicted molar refractivity (Wildman–Crippen MR) is 102 cm³/mol. The molecule has 0 bridgehead atoms. The van der Waals surface area contributed by atoms with Crippen molar-refractivity contribution >= 4 is 34.8 Å². The van der Waals surface area contributed by atoms with Crippen molar-refractivity contribution in [3.63, 3.8) is 0 Å². The number of hydrogen-bond donors (Lipinski definition) is 1. The van der Waals surface area contributed by atoms with Gasteiger partial charge in [0.1, 0.15) is 0 Å². The lowest BCUT2D eigenvalue weighted by molar-refractivity contribution is -0.117. The number of nitrogens with zero attached hydrogens (tertiary/aromatic N) is 1. The Morgan fingerprint density at radius 3 is 2.38 bits per heavy atom. The monoisotopic (exact) mass is 376 g/mol. The highest BCUT2D eigenvalue weighted by Crippen LogP contribution is 2.30. The van der Waals surface area contributed by atoms with Gasteiger partial charge in [0.05, 0.1) is 24.9 Å². The van der Waals surface area contributed by atoms with Crippen LogP contribution >= 0.6 is 11.6 Å². The molecule has 2 amide bonds. The van der Waals surface area contributed by atoms with E-state index in [0.29, 0.717) is 27.9 Å². The number of rotatable bonds is 7. The fourth-order valence-corrected chi connectivity index (χ4v) is 2.71.